The van der Waals surface area contributed by atoms with Crippen LogP contribution >= 0.6 is 11.3 Å². The fourth-order valence-electron chi connectivity index (χ4n) is 3.98. The van der Waals surface area contributed by atoms with Crippen LogP contribution in [0.15, 0.2) is 22.1 Å². The monoisotopic (exact) mass is 455 g/mol. The zero-order chi connectivity index (χ0) is 21.6. The summed E-state index contributed by atoms with van der Waals surface area (Å²) in [5, 5.41) is 19.0. The number of anilines is 1. The SMILES string of the molecule is OC(c1csc(-c2cc(N3CC(CN4CCOCC4)C3)c3nonc3c2)n1)C(F)(F)F. The number of fused-ring (bicyclic) bond motifs is 1. The maximum Gasteiger partial charge on any atom is 0.420 e. The van der Waals surface area contributed by atoms with E-state index in [1.165, 1.54) is 5.38 Å². The normalized spacial score (nSPS) is 19.7. The van der Waals surface area contributed by atoms with Crippen LogP contribution in [0.25, 0.3) is 21.6 Å². The van der Waals surface area contributed by atoms with Crippen molar-refractivity contribution in [3.63, 3.8) is 0 Å². The van der Waals surface area contributed by atoms with Crippen LogP contribution in [0.3, 0.4) is 0 Å². The van der Waals surface area contributed by atoms with E-state index in [0.29, 0.717) is 27.5 Å². The van der Waals surface area contributed by atoms with Crippen LogP contribution in [0.5, 0.6) is 0 Å². The molecule has 2 aliphatic heterocycles. The average Bonchev–Trinajstić information content (AvgIpc) is 3.38. The van der Waals surface area contributed by atoms with E-state index in [4.69, 9.17) is 9.37 Å². The molecule has 2 aliphatic rings. The van der Waals surface area contributed by atoms with Crippen LogP contribution in [-0.2, 0) is 4.74 Å². The van der Waals surface area contributed by atoms with Crippen molar-refractivity contribution >= 4 is 28.1 Å². The molecule has 1 atom stereocenters. The minimum Gasteiger partial charge on any atom is -0.379 e. The molecule has 3 aromatic rings. The maximum atomic E-state index is 12.8. The van der Waals surface area contributed by atoms with Crippen molar-refractivity contribution in [1.82, 2.24) is 20.2 Å². The fourth-order valence-corrected chi connectivity index (χ4v) is 4.81. The van der Waals surface area contributed by atoms with Gasteiger partial charge in [0.05, 0.1) is 24.6 Å². The highest BCUT2D eigenvalue weighted by atomic mass is 32.1. The zero-order valence-corrected chi connectivity index (χ0v) is 17.2. The standard InChI is InChI=1S/C19H20F3N5O3S/c20-19(21,22)17(28)14-10-31-18(23-14)12-5-13-16(25-30-24-13)15(6-12)27-8-11(9-27)7-26-1-3-29-4-2-26/h5-6,10-11,17,28H,1-4,7-9H2. The zero-order valence-electron chi connectivity index (χ0n) is 16.4. The van der Waals surface area contributed by atoms with Gasteiger partial charge in [-0.15, -0.1) is 11.3 Å². The molecule has 0 bridgehead atoms. The van der Waals surface area contributed by atoms with E-state index in [0.717, 1.165) is 63.0 Å². The van der Waals surface area contributed by atoms with Crippen molar-refractivity contribution in [2.45, 2.75) is 12.3 Å². The first kappa shape index (κ1) is 20.6. The van der Waals surface area contributed by atoms with E-state index >= 15 is 0 Å². The summed E-state index contributed by atoms with van der Waals surface area (Å²) < 4.78 is 48.7. The number of ether oxygens (including phenoxy) is 1. The first-order chi connectivity index (χ1) is 14.9. The van der Waals surface area contributed by atoms with Crippen LogP contribution in [0.4, 0.5) is 18.9 Å². The number of morpholine rings is 1. The summed E-state index contributed by atoms with van der Waals surface area (Å²) in [6.07, 6.45) is -7.37. The van der Waals surface area contributed by atoms with Crippen molar-refractivity contribution in [3.05, 3.63) is 23.2 Å². The second kappa shape index (κ2) is 8.01. The molecule has 1 unspecified atom stereocenters. The number of hydrogen-bond donors (Lipinski definition) is 1. The lowest BCUT2D eigenvalue weighted by atomic mass is 9.97. The Morgan fingerprint density at radius 3 is 2.71 bits per heavy atom. The summed E-state index contributed by atoms with van der Waals surface area (Å²) >= 11 is 1.04. The molecule has 2 aromatic heterocycles. The van der Waals surface area contributed by atoms with E-state index in [9.17, 15) is 18.3 Å². The van der Waals surface area contributed by atoms with Gasteiger partial charge in [-0.3, -0.25) is 4.90 Å². The molecule has 166 valence electrons. The van der Waals surface area contributed by atoms with Gasteiger partial charge in [0.25, 0.3) is 0 Å². The van der Waals surface area contributed by atoms with E-state index < -0.39 is 18.0 Å². The van der Waals surface area contributed by atoms with E-state index in [1.54, 1.807) is 6.07 Å². The molecule has 1 aromatic carbocycles. The quantitative estimate of drug-likeness (QED) is 0.629. The number of aliphatic hydroxyl groups is 1. The van der Waals surface area contributed by atoms with Crippen molar-refractivity contribution < 1.29 is 27.6 Å². The van der Waals surface area contributed by atoms with Gasteiger partial charge in [-0.2, -0.15) is 13.2 Å². The number of alkyl halides is 3. The number of thiazole rings is 1. The lowest BCUT2D eigenvalue weighted by Crippen LogP contribution is -2.53. The van der Waals surface area contributed by atoms with Gasteiger partial charge in [0, 0.05) is 49.6 Å². The molecule has 4 heterocycles. The Hall–Kier alpha value is -2.28. The van der Waals surface area contributed by atoms with Gasteiger partial charge >= 0.3 is 6.18 Å². The van der Waals surface area contributed by atoms with Crippen molar-refractivity contribution in [2.24, 2.45) is 5.92 Å². The topological polar surface area (TPSA) is 87.8 Å². The molecule has 0 spiro atoms. The molecular formula is C19H20F3N5O3S. The highest BCUT2D eigenvalue weighted by Gasteiger charge is 2.41. The number of hydrogen-bond acceptors (Lipinski definition) is 9. The summed E-state index contributed by atoms with van der Waals surface area (Å²) in [6.45, 7) is 6.12. The largest absolute Gasteiger partial charge is 0.420 e. The lowest BCUT2D eigenvalue weighted by Gasteiger charge is -2.43. The second-order valence-electron chi connectivity index (χ2n) is 7.83. The Morgan fingerprint density at radius 2 is 1.97 bits per heavy atom. The smallest absolute Gasteiger partial charge is 0.379 e. The summed E-state index contributed by atoms with van der Waals surface area (Å²) in [5.41, 5.74) is 2.14. The van der Waals surface area contributed by atoms with Gasteiger partial charge in [-0.25, -0.2) is 9.61 Å². The minimum atomic E-state index is -4.76. The van der Waals surface area contributed by atoms with Crippen LogP contribution in [-0.4, -0.2) is 77.4 Å². The maximum absolute atomic E-state index is 12.8. The number of rotatable bonds is 5. The van der Waals surface area contributed by atoms with Crippen molar-refractivity contribution in [3.8, 4) is 10.6 Å². The molecule has 2 fully saturated rings. The fraction of sp³-hybridized carbons (Fsp3) is 0.526. The number of aliphatic hydroxyl groups excluding tert-OH is 1. The highest BCUT2D eigenvalue weighted by molar-refractivity contribution is 7.13. The molecule has 8 nitrogen and oxygen atoms in total. The Balaban J connectivity index is 1.36. The van der Waals surface area contributed by atoms with Crippen LogP contribution in [0.1, 0.15) is 11.8 Å². The molecule has 1 N–H and O–H groups in total. The summed E-state index contributed by atoms with van der Waals surface area (Å²) in [5.74, 6) is 0.519. The highest BCUT2D eigenvalue weighted by Crippen LogP contribution is 2.38. The van der Waals surface area contributed by atoms with Gasteiger partial charge in [-0.05, 0) is 22.4 Å². The predicted octanol–water partition coefficient (Wildman–Crippen LogP) is 2.71. The Bertz CT molecular complexity index is 1060. The molecule has 2 saturated heterocycles. The average molecular weight is 455 g/mol. The second-order valence-corrected chi connectivity index (χ2v) is 8.69. The van der Waals surface area contributed by atoms with E-state index in [-0.39, 0.29) is 0 Å². The lowest BCUT2D eigenvalue weighted by molar-refractivity contribution is -0.207. The summed E-state index contributed by atoms with van der Waals surface area (Å²) in [4.78, 5) is 8.58. The number of benzene rings is 1. The van der Waals surface area contributed by atoms with Gasteiger partial charge < -0.3 is 14.7 Å². The van der Waals surface area contributed by atoms with Gasteiger partial charge in [0.2, 0.25) is 0 Å². The molecule has 5 rings (SSSR count). The summed E-state index contributed by atoms with van der Waals surface area (Å²) in [6, 6.07) is 3.53. The Kier molecular flexibility index (Phi) is 5.32. The minimum absolute atomic E-state index is 0.370. The van der Waals surface area contributed by atoms with Crippen LogP contribution in [0, 0.1) is 5.92 Å². The first-order valence-electron chi connectivity index (χ1n) is 9.90. The Labute approximate surface area is 179 Å². The molecule has 0 aliphatic carbocycles. The first-order valence-corrected chi connectivity index (χ1v) is 10.8. The van der Waals surface area contributed by atoms with Crippen LogP contribution < -0.4 is 4.90 Å². The predicted molar refractivity (Wildman–Crippen MR) is 107 cm³/mol. The van der Waals surface area contributed by atoms with E-state index in [2.05, 4.69) is 25.1 Å². The molecular weight excluding hydrogens is 435 g/mol. The molecule has 12 heteroatoms. The van der Waals surface area contributed by atoms with E-state index in [1.807, 2.05) is 6.07 Å². The number of nitrogens with zero attached hydrogens (tertiary/aromatic N) is 5. The summed E-state index contributed by atoms with van der Waals surface area (Å²) in [7, 11) is 0. The van der Waals surface area contributed by atoms with Crippen molar-refractivity contribution in [2.75, 3.05) is 50.8 Å². The van der Waals surface area contributed by atoms with Crippen molar-refractivity contribution in [1.29, 1.82) is 0 Å². The third-order valence-corrected chi connectivity index (χ3v) is 6.53. The molecule has 0 saturated carbocycles. The van der Waals surface area contributed by atoms with Crippen LogP contribution in [0.2, 0.25) is 0 Å². The third-order valence-electron chi connectivity index (χ3n) is 5.62. The molecule has 0 amide bonds. The van der Waals surface area contributed by atoms with Gasteiger partial charge in [0.15, 0.2) is 11.6 Å². The Morgan fingerprint density at radius 1 is 1.19 bits per heavy atom. The number of halogens is 3. The van der Waals surface area contributed by atoms with Gasteiger partial charge in [-0.1, -0.05) is 0 Å². The third kappa shape index (κ3) is 4.12. The molecule has 0 radical (unpaired) electrons. The van der Waals surface area contributed by atoms with Gasteiger partial charge in [0.1, 0.15) is 10.5 Å². The number of aromatic nitrogens is 3. The molecule has 31 heavy (non-hydrogen) atoms.